The summed E-state index contributed by atoms with van der Waals surface area (Å²) in [6, 6.07) is 15.0. The zero-order chi connectivity index (χ0) is 24.3. The number of rotatable bonds is 7. The van der Waals surface area contributed by atoms with Crippen molar-refractivity contribution in [2.75, 3.05) is 16.2 Å². The number of hydrogen-bond acceptors (Lipinski definition) is 4. The average molecular weight is 552 g/mol. The van der Waals surface area contributed by atoms with Crippen molar-refractivity contribution in [1.29, 1.82) is 0 Å². The lowest BCUT2D eigenvalue weighted by Gasteiger charge is -2.25. The SMILES string of the molecule is CCN(c1cc(Cl)ccc1C)S(=O)(=O)c1cccc(C(=O)Nc2ccc(Br)cc2C(=O)O)c1. The van der Waals surface area contributed by atoms with Gasteiger partial charge in [-0.25, -0.2) is 13.2 Å². The lowest BCUT2D eigenvalue weighted by atomic mass is 10.1. The Morgan fingerprint density at radius 3 is 2.48 bits per heavy atom. The standard InChI is InChI=1S/C23H20BrClN2O5S/c1-3-27(21-13-17(25)9-7-14(21)2)33(31,32)18-6-4-5-15(11-18)22(28)26-20-10-8-16(24)12-19(20)23(29)30/h4-13H,3H2,1-2H3,(H,26,28)(H,29,30). The maximum atomic E-state index is 13.4. The van der Waals surface area contributed by atoms with E-state index in [1.54, 1.807) is 38.1 Å². The van der Waals surface area contributed by atoms with E-state index in [-0.39, 0.29) is 28.3 Å². The van der Waals surface area contributed by atoms with Gasteiger partial charge in [-0.05, 0) is 67.9 Å². The first-order valence-corrected chi connectivity index (χ1v) is 12.4. The van der Waals surface area contributed by atoms with E-state index in [1.807, 2.05) is 0 Å². The monoisotopic (exact) mass is 550 g/mol. The Morgan fingerprint density at radius 1 is 1.09 bits per heavy atom. The second kappa shape index (κ2) is 9.94. The Kier molecular flexibility index (Phi) is 7.46. The van der Waals surface area contributed by atoms with Crippen LogP contribution in [0.25, 0.3) is 0 Å². The van der Waals surface area contributed by atoms with Crippen molar-refractivity contribution < 1.29 is 23.1 Å². The zero-order valence-corrected chi connectivity index (χ0v) is 20.8. The maximum Gasteiger partial charge on any atom is 0.337 e. The van der Waals surface area contributed by atoms with Crippen molar-refractivity contribution in [3.05, 3.63) is 86.8 Å². The first-order chi connectivity index (χ1) is 15.5. The normalized spacial score (nSPS) is 11.2. The molecule has 0 heterocycles. The Balaban J connectivity index is 1.97. The van der Waals surface area contributed by atoms with Crippen LogP contribution in [-0.2, 0) is 10.0 Å². The molecule has 33 heavy (non-hydrogen) atoms. The van der Waals surface area contributed by atoms with Crippen molar-refractivity contribution in [1.82, 2.24) is 0 Å². The number of carboxylic acid groups (broad SMARTS) is 1. The Bertz CT molecular complexity index is 1340. The fraction of sp³-hybridized carbons (Fsp3) is 0.130. The summed E-state index contributed by atoms with van der Waals surface area (Å²) in [5.74, 6) is -1.85. The van der Waals surface area contributed by atoms with Crippen LogP contribution in [0.15, 0.2) is 70.0 Å². The second-order valence-electron chi connectivity index (χ2n) is 7.08. The maximum absolute atomic E-state index is 13.4. The van der Waals surface area contributed by atoms with Crippen LogP contribution in [0.2, 0.25) is 5.02 Å². The number of aryl methyl sites for hydroxylation is 1. The van der Waals surface area contributed by atoms with Crippen LogP contribution < -0.4 is 9.62 Å². The van der Waals surface area contributed by atoms with Crippen LogP contribution in [-0.4, -0.2) is 31.9 Å². The third kappa shape index (κ3) is 5.38. The number of carbonyl (C=O) groups is 2. The number of anilines is 2. The van der Waals surface area contributed by atoms with Gasteiger partial charge in [-0.3, -0.25) is 9.10 Å². The molecule has 10 heteroatoms. The van der Waals surface area contributed by atoms with E-state index in [4.69, 9.17) is 11.6 Å². The van der Waals surface area contributed by atoms with E-state index in [0.717, 1.165) is 5.56 Å². The molecule has 0 aliphatic carbocycles. The summed E-state index contributed by atoms with van der Waals surface area (Å²) in [4.78, 5) is 24.2. The summed E-state index contributed by atoms with van der Waals surface area (Å²) < 4.78 is 28.6. The van der Waals surface area contributed by atoms with Gasteiger partial charge >= 0.3 is 5.97 Å². The van der Waals surface area contributed by atoms with Crippen molar-refractivity contribution >= 4 is 60.8 Å². The molecule has 3 aromatic carbocycles. The minimum atomic E-state index is -4.01. The zero-order valence-electron chi connectivity index (χ0n) is 17.7. The number of amides is 1. The van der Waals surface area contributed by atoms with E-state index in [9.17, 15) is 23.1 Å². The summed E-state index contributed by atoms with van der Waals surface area (Å²) in [6.07, 6.45) is 0. The molecule has 0 aromatic heterocycles. The molecule has 1 amide bonds. The molecule has 7 nitrogen and oxygen atoms in total. The molecule has 3 rings (SSSR count). The summed E-state index contributed by atoms with van der Waals surface area (Å²) in [5, 5.41) is 12.3. The Labute approximate surface area is 205 Å². The molecule has 0 unspecified atom stereocenters. The van der Waals surface area contributed by atoms with Crippen molar-refractivity contribution in [3.63, 3.8) is 0 Å². The van der Waals surface area contributed by atoms with Crippen LogP contribution in [0.4, 0.5) is 11.4 Å². The number of nitrogens with one attached hydrogen (secondary N) is 1. The quantitative estimate of drug-likeness (QED) is 0.399. The minimum Gasteiger partial charge on any atom is -0.478 e. The third-order valence-corrected chi connectivity index (χ3v) is 7.48. The fourth-order valence-electron chi connectivity index (χ4n) is 3.24. The molecule has 0 fully saturated rings. The van der Waals surface area contributed by atoms with E-state index >= 15 is 0 Å². The highest BCUT2D eigenvalue weighted by atomic mass is 79.9. The summed E-state index contributed by atoms with van der Waals surface area (Å²) in [5.41, 5.74) is 1.23. The Hall–Kier alpha value is -2.88. The van der Waals surface area contributed by atoms with Gasteiger partial charge in [0, 0.05) is 21.6 Å². The molecule has 0 radical (unpaired) electrons. The summed E-state index contributed by atoms with van der Waals surface area (Å²) in [7, 11) is -4.01. The topological polar surface area (TPSA) is 104 Å². The molecule has 0 saturated heterocycles. The van der Waals surface area contributed by atoms with Crippen LogP contribution in [0.3, 0.4) is 0 Å². The van der Waals surface area contributed by atoms with Crippen LogP contribution in [0.5, 0.6) is 0 Å². The third-order valence-electron chi connectivity index (χ3n) is 4.87. The number of sulfonamides is 1. The molecule has 0 saturated carbocycles. The van der Waals surface area contributed by atoms with E-state index in [2.05, 4.69) is 21.2 Å². The molecule has 0 aliphatic heterocycles. The number of halogens is 2. The van der Waals surface area contributed by atoms with Crippen molar-refractivity contribution in [2.45, 2.75) is 18.7 Å². The first kappa shape index (κ1) is 24.8. The largest absolute Gasteiger partial charge is 0.478 e. The van der Waals surface area contributed by atoms with Crippen molar-refractivity contribution in [3.8, 4) is 0 Å². The van der Waals surface area contributed by atoms with Crippen LogP contribution in [0, 0.1) is 6.92 Å². The second-order valence-corrected chi connectivity index (χ2v) is 10.3. The molecule has 172 valence electrons. The van der Waals surface area contributed by atoms with Gasteiger partial charge in [-0.15, -0.1) is 0 Å². The van der Waals surface area contributed by atoms with Crippen LogP contribution in [0.1, 0.15) is 33.2 Å². The molecule has 2 N–H and O–H groups in total. The van der Waals surface area contributed by atoms with Crippen LogP contribution >= 0.6 is 27.5 Å². The highest BCUT2D eigenvalue weighted by molar-refractivity contribution is 9.10. The summed E-state index contributed by atoms with van der Waals surface area (Å²) >= 11 is 9.28. The number of nitrogens with zero attached hydrogens (tertiary/aromatic N) is 1. The number of carboxylic acids is 1. The first-order valence-electron chi connectivity index (χ1n) is 9.77. The van der Waals surface area contributed by atoms with E-state index in [0.29, 0.717) is 15.2 Å². The Morgan fingerprint density at radius 2 is 1.82 bits per heavy atom. The van der Waals surface area contributed by atoms with Gasteiger partial charge in [0.05, 0.1) is 21.8 Å². The van der Waals surface area contributed by atoms with Gasteiger partial charge < -0.3 is 10.4 Å². The number of carbonyl (C=O) groups excluding carboxylic acids is 1. The van der Waals surface area contributed by atoms with E-state index < -0.39 is 21.9 Å². The van der Waals surface area contributed by atoms with Crippen molar-refractivity contribution in [2.24, 2.45) is 0 Å². The van der Waals surface area contributed by atoms with Gasteiger partial charge in [0.2, 0.25) is 0 Å². The molecular formula is C23H20BrClN2O5S. The number of aromatic carboxylic acids is 1. The van der Waals surface area contributed by atoms with E-state index in [1.165, 1.54) is 40.7 Å². The highest BCUT2D eigenvalue weighted by Crippen LogP contribution is 2.30. The van der Waals surface area contributed by atoms with Gasteiger partial charge in [0.25, 0.3) is 15.9 Å². The molecular weight excluding hydrogens is 532 g/mol. The molecule has 0 spiro atoms. The van der Waals surface area contributed by atoms with Gasteiger partial charge in [-0.1, -0.05) is 39.7 Å². The number of benzene rings is 3. The van der Waals surface area contributed by atoms with Gasteiger partial charge in [-0.2, -0.15) is 0 Å². The fourth-order valence-corrected chi connectivity index (χ4v) is 5.35. The lowest BCUT2D eigenvalue weighted by Crippen LogP contribution is -2.31. The predicted octanol–water partition coefficient (Wildman–Crippen LogP) is 5.58. The highest BCUT2D eigenvalue weighted by Gasteiger charge is 2.26. The summed E-state index contributed by atoms with van der Waals surface area (Å²) in [6.45, 7) is 3.64. The number of hydrogen-bond donors (Lipinski definition) is 2. The molecule has 3 aromatic rings. The minimum absolute atomic E-state index is 0.0641. The average Bonchev–Trinajstić information content (AvgIpc) is 2.77. The molecule has 0 bridgehead atoms. The van der Waals surface area contributed by atoms with Gasteiger partial charge in [0.15, 0.2) is 0 Å². The van der Waals surface area contributed by atoms with Gasteiger partial charge in [0.1, 0.15) is 0 Å². The predicted molar refractivity (Wildman–Crippen MR) is 132 cm³/mol. The molecule has 0 aliphatic rings. The smallest absolute Gasteiger partial charge is 0.337 e. The lowest BCUT2D eigenvalue weighted by molar-refractivity contribution is 0.0698. The molecule has 0 atom stereocenters.